The Bertz CT molecular complexity index is 596. The molecule has 0 saturated heterocycles. The molecule has 2 rings (SSSR count). The van der Waals surface area contributed by atoms with E-state index in [1.54, 1.807) is 7.11 Å². The van der Waals surface area contributed by atoms with Crippen LogP contribution in [0.2, 0.25) is 0 Å². The van der Waals surface area contributed by atoms with E-state index >= 15 is 0 Å². The Kier molecular flexibility index (Phi) is 4.45. The highest BCUT2D eigenvalue weighted by molar-refractivity contribution is 6.00. The summed E-state index contributed by atoms with van der Waals surface area (Å²) < 4.78 is 5.30. The number of hydrogen-bond acceptors (Lipinski definition) is 4. The summed E-state index contributed by atoms with van der Waals surface area (Å²) >= 11 is 0. The van der Waals surface area contributed by atoms with E-state index in [0.717, 1.165) is 27.8 Å². The maximum atomic E-state index is 6.03. The van der Waals surface area contributed by atoms with Crippen molar-refractivity contribution >= 4 is 22.1 Å². The molecular weight excluding hydrogens is 250 g/mol. The highest BCUT2D eigenvalue weighted by Gasteiger charge is 2.14. The van der Waals surface area contributed by atoms with Crippen molar-refractivity contribution in [2.24, 2.45) is 5.92 Å². The Morgan fingerprint density at radius 3 is 2.70 bits per heavy atom. The predicted octanol–water partition coefficient (Wildman–Crippen LogP) is 3.21. The minimum absolute atomic E-state index is 0.264. The summed E-state index contributed by atoms with van der Waals surface area (Å²) in [4.78, 5) is 4.33. The Labute approximate surface area is 120 Å². The zero-order chi connectivity index (χ0) is 14.7. The summed E-state index contributed by atoms with van der Waals surface area (Å²) in [5.41, 5.74) is 8.85. The molecule has 2 aromatic rings. The van der Waals surface area contributed by atoms with Crippen LogP contribution in [-0.2, 0) is 4.74 Å². The first kappa shape index (κ1) is 14.6. The molecule has 1 atom stereocenters. The molecule has 0 aliphatic carbocycles. The normalized spacial score (nSPS) is 12.8. The van der Waals surface area contributed by atoms with Gasteiger partial charge in [0.25, 0.3) is 0 Å². The summed E-state index contributed by atoms with van der Waals surface area (Å²) in [6.07, 6.45) is 1.84. The largest absolute Gasteiger partial charge is 0.398 e. The van der Waals surface area contributed by atoms with Gasteiger partial charge in [-0.05, 0) is 31.0 Å². The van der Waals surface area contributed by atoms with Gasteiger partial charge in [0.2, 0.25) is 0 Å². The van der Waals surface area contributed by atoms with Crippen LogP contribution in [0.3, 0.4) is 0 Å². The first-order valence-corrected chi connectivity index (χ1v) is 6.93. The van der Waals surface area contributed by atoms with Gasteiger partial charge in [-0.1, -0.05) is 13.8 Å². The van der Waals surface area contributed by atoms with Gasteiger partial charge in [0, 0.05) is 41.1 Å². The third kappa shape index (κ3) is 3.02. The number of anilines is 2. The third-order valence-corrected chi connectivity index (χ3v) is 3.56. The number of benzene rings is 1. The molecule has 20 heavy (non-hydrogen) atoms. The highest BCUT2D eigenvalue weighted by Crippen LogP contribution is 2.29. The molecule has 0 aliphatic rings. The third-order valence-electron chi connectivity index (χ3n) is 3.56. The van der Waals surface area contributed by atoms with Crippen LogP contribution in [0.15, 0.2) is 24.4 Å². The van der Waals surface area contributed by atoms with Gasteiger partial charge >= 0.3 is 0 Å². The molecule has 0 bridgehead atoms. The average molecular weight is 273 g/mol. The maximum Gasteiger partial charge on any atom is 0.0666 e. The van der Waals surface area contributed by atoms with Gasteiger partial charge in [0.15, 0.2) is 0 Å². The van der Waals surface area contributed by atoms with Crippen LogP contribution >= 0.6 is 0 Å². The number of ether oxygens (including phenoxy) is 1. The molecule has 108 valence electrons. The van der Waals surface area contributed by atoms with E-state index in [1.807, 2.05) is 25.3 Å². The van der Waals surface area contributed by atoms with Crippen molar-refractivity contribution in [2.75, 3.05) is 24.8 Å². The molecule has 0 saturated carbocycles. The molecule has 1 aromatic carbocycles. The van der Waals surface area contributed by atoms with Crippen molar-refractivity contribution in [1.29, 1.82) is 0 Å². The van der Waals surface area contributed by atoms with Crippen molar-refractivity contribution in [3.63, 3.8) is 0 Å². The fraction of sp³-hybridized carbons (Fsp3) is 0.438. The minimum atomic E-state index is 0.264. The number of nitrogens with two attached hydrogens (primary N) is 1. The molecule has 1 aromatic heterocycles. The standard InChI is InChI=1S/C16H23N3O/c1-10(2)16(9-20-4)19-15-6-5-14(17)13-8-18-11(3)7-12(13)15/h5-8,10,16,19H,9,17H2,1-4H3. The summed E-state index contributed by atoms with van der Waals surface area (Å²) in [6.45, 7) is 7.03. The van der Waals surface area contributed by atoms with E-state index in [-0.39, 0.29) is 6.04 Å². The molecule has 0 amide bonds. The van der Waals surface area contributed by atoms with Crippen molar-refractivity contribution in [3.05, 3.63) is 30.1 Å². The zero-order valence-corrected chi connectivity index (χ0v) is 12.6. The molecule has 0 aliphatic heterocycles. The van der Waals surface area contributed by atoms with Crippen LogP contribution in [0, 0.1) is 12.8 Å². The van der Waals surface area contributed by atoms with Gasteiger partial charge in [-0.2, -0.15) is 0 Å². The Hall–Kier alpha value is -1.81. The SMILES string of the molecule is COCC(Nc1ccc(N)c2cnc(C)cc12)C(C)C. The fourth-order valence-electron chi connectivity index (χ4n) is 2.27. The first-order valence-electron chi connectivity index (χ1n) is 6.93. The van der Waals surface area contributed by atoms with Crippen LogP contribution in [-0.4, -0.2) is 24.7 Å². The van der Waals surface area contributed by atoms with Gasteiger partial charge in [-0.3, -0.25) is 4.98 Å². The van der Waals surface area contributed by atoms with Gasteiger partial charge in [0.05, 0.1) is 12.6 Å². The lowest BCUT2D eigenvalue weighted by molar-refractivity contribution is 0.171. The number of nitrogens with one attached hydrogen (secondary N) is 1. The van der Waals surface area contributed by atoms with E-state index in [9.17, 15) is 0 Å². The Balaban J connectivity index is 2.43. The molecule has 1 heterocycles. The topological polar surface area (TPSA) is 60.2 Å². The van der Waals surface area contributed by atoms with Crippen molar-refractivity contribution in [2.45, 2.75) is 26.8 Å². The molecule has 3 N–H and O–H groups in total. The second-order valence-electron chi connectivity index (χ2n) is 5.52. The number of rotatable bonds is 5. The monoisotopic (exact) mass is 273 g/mol. The molecule has 4 heteroatoms. The molecular formula is C16H23N3O. The van der Waals surface area contributed by atoms with Gasteiger partial charge < -0.3 is 15.8 Å². The van der Waals surface area contributed by atoms with Crippen molar-refractivity contribution in [3.8, 4) is 0 Å². The van der Waals surface area contributed by atoms with Crippen LogP contribution in [0.4, 0.5) is 11.4 Å². The van der Waals surface area contributed by atoms with Gasteiger partial charge in [-0.25, -0.2) is 0 Å². The number of hydrogen-bond donors (Lipinski definition) is 2. The summed E-state index contributed by atoms with van der Waals surface area (Å²) in [6, 6.07) is 6.28. The lowest BCUT2D eigenvalue weighted by Crippen LogP contribution is -2.30. The summed E-state index contributed by atoms with van der Waals surface area (Å²) in [5, 5.41) is 5.67. The molecule has 0 spiro atoms. The highest BCUT2D eigenvalue weighted by atomic mass is 16.5. The number of fused-ring (bicyclic) bond motifs is 1. The Morgan fingerprint density at radius 2 is 2.05 bits per heavy atom. The van der Waals surface area contributed by atoms with Crippen LogP contribution in [0.1, 0.15) is 19.5 Å². The lowest BCUT2D eigenvalue weighted by atomic mass is 10.0. The molecule has 4 nitrogen and oxygen atoms in total. The summed E-state index contributed by atoms with van der Waals surface area (Å²) in [7, 11) is 1.73. The van der Waals surface area contributed by atoms with E-state index in [0.29, 0.717) is 12.5 Å². The van der Waals surface area contributed by atoms with Crippen molar-refractivity contribution < 1.29 is 4.74 Å². The average Bonchev–Trinajstić information content (AvgIpc) is 2.40. The van der Waals surface area contributed by atoms with E-state index in [1.165, 1.54) is 0 Å². The van der Waals surface area contributed by atoms with Crippen LogP contribution in [0.5, 0.6) is 0 Å². The molecule has 0 fully saturated rings. The zero-order valence-electron chi connectivity index (χ0n) is 12.6. The predicted molar refractivity (Wildman–Crippen MR) is 85.0 cm³/mol. The van der Waals surface area contributed by atoms with Crippen LogP contribution in [0.25, 0.3) is 10.8 Å². The van der Waals surface area contributed by atoms with Gasteiger partial charge in [0.1, 0.15) is 0 Å². The number of nitrogens with zero attached hydrogens (tertiary/aromatic N) is 1. The van der Waals surface area contributed by atoms with Crippen LogP contribution < -0.4 is 11.1 Å². The second kappa shape index (κ2) is 6.09. The number of aromatic nitrogens is 1. The number of methoxy groups -OCH3 is 1. The molecule has 1 unspecified atom stereocenters. The Morgan fingerprint density at radius 1 is 1.30 bits per heavy atom. The number of pyridine rings is 1. The smallest absolute Gasteiger partial charge is 0.0666 e. The van der Waals surface area contributed by atoms with E-state index in [2.05, 4.69) is 30.2 Å². The minimum Gasteiger partial charge on any atom is -0.398 e. The first-order chi connectivity index (χ1) is 9.52. The maximum absolute atomic E-state index is 6.03. The van der Waals surface area contributed by atoms with Gasteiger partial charge in [-0.15, -0.1) is 0 Å². The lowest BCUT2D eigenvalue weighted by Gasteiger charge is -2.24. The quantitative estimate of drug-likeness (QED) is 0.821. The fourth-order valence-corrected chi connectivity index (χ4v) is 2.27. The number of aryl methyl sites for hydroxylation is 1. The second-order valence-corrected chi connectivity index (χ2v) is 5.52. The van der Waals surface area contributed by atoms with Crippen molar-refractivity contribution in [1.82, 2.24) is 4.98 Å². The van der Waals surface area contributed by atoms with E-state index in [4.69, 9.17) is 10.5 Å². The summed E-state index contributed by atoms with van der Waals surface area (Å²) in [5.74, 6) is 0.477. The van der Waals surface area contributed by atoms with E-state index < -0.39 is 0 Å². The molecule has 0 radical (unpaired) electrons. The number of nitrogen functional groups attached to an aromatic ring is 1.